The molecule has 0 radical (unpaired) electrons. The molecule has 1 fully saturated rings. The van der Waals surface area contributed by atoms with Crippen LogP contribution in [-0.2, 0) is 4.79 Å². The van der Waals surface area contributed by atoms with Crippen molar-refractivity contribution in [3.05, 3.63) is 53.9 Å². The average Bonchev–Trinajstić information content (AvgIpc) is 3.26. The summed E-state index contributed by atoms with van der Waals surface area (Å²) < 4.78 is 0. The van der Waals surface area contributed by atoms with E-state index in [1.165, 1.54) is 12.3 Å². The number of hydrogen-bond acceptors (Lipinski definition) is 3. The summed E-state index contributed by atoms with van der Waals surface area (Å²) in [6.07, 6.45) is 8.93. The highest BCUT2D eigenvalue weighted by molar-refractivity contribution is 6.06. The smallest absolute Gasteiger partial charge is 0.274 e. The zero-order valence-electron chi connectivity index (χ0n) is 13.3. The van der Waals surface area contributed by atoms with Gasteiger partial charge in [0.2, 0.25) is 5.91 Å². The lowest BCUT2D eigenvalue weighted by molar-refractivity contribution is -0.111. The number of carbonyl (C=O) groups is 2. The van der Waals surface area contributed by atoms with Gasteiger partial charge in [-0.2, -0.15) is 5.10 Å². The molecule has 0 aliphatic heterocycles. The summed E-state index contributed by atoms with van der Waals surface area (Å²) in [4.78, 5) is 24.3. The Hall–Kier alpha value is -2.89. The summed E-state index contributed by atoms with van der Waals surface area (Å²) in [6.45, 7) is 0. The molecule has 1 saturated carbocycles. The van der Waals surface area contributed by atoms with Crippen LogP contribution in [0.5, 0.6) is 0 Å². The van der Waals surface area contributed by atoms with Crippen molar-refractivity contribution in [3.63, 3.8) is 0 Å². The molecule has 0 spiro atoms. The number of amides is 2. The van der Waals surface area contributed by atoms with Gasteiger partial charge in [-0.25, -0.2) is 0 Å². The zero-order chi connectivity index (χ0) is 16.8. The summed E-state index contributed by atoms with van der Waals surface area (Å²) in [5.74, 6) is -0.569. The van der Waals surface area contributed by atoms with Gasteiger partial charge in [0.25, 0.3) is 5.91 Å². The fourth-order valence-electron chi connectivity index (χ4n) is 2.79. The van der Waals surface area contributed by atoms with E-state index in [1.54, 1.807) is 6.08 Å². The first-order valence-corrected chi connectivity index (χ1v) is 8.11. The normalized spacial score (nSPS) is 14.8. The Morgan fingerprint density at radius 1 is 1.17 bits per heavy atom. The number of carbonyl (C=O) groups excluding carboxylic acids is 2. The second kappa shape index (κ2) is 7.59. The number of benzene rings is 1. The molecule has 3 rings (SSSR count). The first kappa shape index (κ1) is 16.0. The van der Waals surface area contributed by atoms with Crippen LogP contribution in [0.25, 0.3) is 6.08 Å². The Morgan fingerprint density at radius 3 is 2.67 bits per heavy atom. The molecule has 1 aromatic heterocycles. The van der Waals surface area contributed by atoms with E-state index in [0.717, 1.165) is 31.2 Å². The maximum Gasteiger partial charge on any atom is 0.274 e. The van der Waals surface area contributed by atoms with E-state index < -0.39 is 0 Å². The third-order valence-corrected chi connectivity index (χ3v) is 4.03. The van der Waals surface area contributed by atoms with Gasteiger partial charge in [0.15, 0.2) is 5.69 Å². The van der Waals surface area contributed by atoms with Crippen LogP contribution >= 0.6 is 0 Å². The molecule has 2 aromatic rings. The number of nitrogens with zero attached hydrogens (tertiary/aromatic N) is 1. The van der Waals surface area contributed by atoms with Crippen LogP contribution in [0.3, 0.4) is 0 Å². The lowest BCUT2D eigenvalue weighted by Crippen LogP contribution is -2.33. The Bertz CT molecular complexity index is 730. The third-order valence-electron chi connectivity index (χ3n) is 4.03. The summed E-state index contributed by atoms with van der Waals surface area (Å²) in [5.41, 5.74) is 1.52. The zero-order valence-corrected chi connectivity index (χ0v) is 13.3. The minimum Gasteiger partial charge on any atom is -0.348 e. The summed E-state index contributed by atoms with van der Waals surface area (Å²) in [6, 6.07) is 9.73. The number of hydrogen-bond donors (Lipinski definition) is 3. The van der Waals surface area contributed by atoms with E-state index in [-0.39, 0.29) is 23.6 Å². The molecular formula is C18H20N4O2. The van der Waals surface area contributed by atoms with Crippen molar-refractivity contribution in [3.8, 4) is 0 Å². The van der Waals surface area contributed by atoms with E-state index in [0.29, 0.717) is 5.69 Å². The monoisotopic (exact) mass is 324 g/mol. The highest BCUT2D eigenvalue weighted by atomic mass is 16.2. The molecule has 6 nitrogen and oxygen atoms in total. The number of anilines is 1. The predicted octanol–water partition coefficient (Wildman–Crippen LogP) is 2.73. The minimum absolute atomic E-state index is 0.204. The molecule has 1 aliphatic carbocycles. The standard InChI is InChI=1S/C18H20N4O2/c23-16(11-10-13-6-2-1-3-7-13)21-15-12-19-22-17(15)18(24)20-14-8-4-5-9-14/h1-3,6-7,10-12,14H,4-5,8-9H2,(H,19,22)(H,20,24)(H,21,23)/b11-10+. The minimum atomic E-state index is -0.310. The fourth-order valence-corrected chi connectivity index (χ4v) is 2.79. The van der Waals surface area contributed by atoms with Crippen LogP contribution in [0, 0.1) is 0 Å². The number of nitrogens with one attached hydrogen (secondary N) is 3. The van der Waals surface area contributed by atoms with Crippen molar-refractivity contribution >= 4 is 23.6 Å². The molecule has 6 heteroatoms. The molecule has 24 heavy (non-hydrogen) atoms. The quantitative estimate of drug-likeness (QED) is 0.739. The van der Waals surface area contributed by atoms with E-state index in [4.69, 9.17) is 0 Å². The molecule has 2 amide bonds. The molecule has 3 N–H and O–H groups in total. The maximum atomic E-state index is 12.3. The van der Waals surface area contributed by atoms with Gasteiger partial charge < -0.3 is 10.6 Å². The average molecular weight is 324 g/mol. The highest BCUT2D eigenvalue weighted by Crippen LogP contribution is 2.19. The molecule has 0 unspecified atom stereocenters. The van der Waals surface area contributed by atoms with Crippen molar-refractivity contribution in [2.24, 2.45) is 0 Å². The predicted molar refractivity (Wildman–Crippen MR) is 92.4 cm³/mol. The van der Waals surface area contributed by atoms with Crippen LogP contribution < -0.4 is 10.6 Å². The maximum absolute atomic E-state index is 12.3. The van der Waals surface area contributed by atoms with Crippen molar-refractivity contribution < 1.29 is 9.59 Å². The molecule has 1 aliphatic rings. The van der Waals surface area contributed by atoms with Crippen molar-refractivity contribution in [2.75, 3.05) is 5.32 Å². The van der Waals surface area contributed by atoms with Crippen molar-refractivity contribution in [1.82, 2.24) is 15.5 Å². The Morgan fingerprint density at radius 2 is 1.92 bits per heavy atom. The molecule has 0 atom stereocenters. The third kappa shape index (κ3) is 4.10. The number of aromatic amines is 1. The lowest BCUT2D eigenvalue weighted by Gasteiger charge is -2.11. The van der Waals surface area contributed by atoms with Gasteiger partial charge in [0.1, 0.15) is 0 Å². The van der Waals surface area contributed by atoms with Gasteiger partial charge in [0, 0.05) is 18.3 Å². The first-order chi connectivity index (χ1) is 11.7. The van der Waals surface area contributed by atoms with Crippen LogP contribution in [0.15, 0.2) is 42.6 Å². The van der Waals surface area contributed by atoms with E-state index >= 15 is 0 Å². The molecule has 0 saturated heterocycles. The van der Waals surface area contributed by atoms with Crippen LogP contribution in [0.1, 0.15) is 41.7 Å². The SMILES string of the molecule is O=C(/C=C/c1ccccc1)Nc1c[nH]nc1C(=O)NC1CCCC1. The lowest BCUT2D eigenvalue weighted by atomic mass is 10.2. The van der Waals surface area contributed by atoms with E-state index in [1.807, 2.05) is 30.3 Å². The molecule has 1 aromatic carbocycles. The topological polar surface area (TPSA) is 86.9 Å². The first-order valence-electron chi connectivity index (χ1n) is 8.11. The Labute approximate surface area is 140 Å². The van der Waals surface area contributed by atoms with E-state index in [2.05, 4.69) is 20.8 Å². The Kier molecular flexibility index (Phi) is 5.05. The molecule has 0 bridgehead atoms. The molecule has 1 heterocycles. The van der Waals surface area contributed by atoms with E-state index in [9.17, 15) is 9.59 Å². The number of H-pyrrole nitrogens is 1. The summed E-state index contributed by atoms with van der Waals surface area (Å²) in [5, 5.41) is 12.2. The second-order valence-corrected chi connectivity index (χ2v) is 5.84. The van der Waals surface area contributed by atoms with Crippen LogP contribution in [0.2, 0.25) is 0 Å². The van der Waals surface area contributed by atoms with Gasteiger partial charge in [-0.3, -0.25) is 14.7 Å². The number of aromatic nitrogens is 2. The van der Waals surface area contributed by atoms with Crippen molar-refractivity contribution in [2.45, 2.75) is 31.7 Å². The Balaban J connectivity index is 1.61. The summed E-state index contributed by atoms with van der Waals surface area (Å²) in [7, 11) is 0. The second-order valence-electron chi connectivity index (χ2n) is 5.84. The van der Waals surface area contributed by atoms with Gasteiger partial charge in [-0.1, -0.05) is 43.2 Å². The largest absolute Gasteiger partial charge is 0.348 e. The molecule has 124 valence electrons. The van der Waals surface area contributed by atoms with Gasteiger partial charge in [-0.15, -0.1) is 0 Å². The highest BCUT2D eigenvalue weighted by Gasteiger charge is 2.21. The number of rotatable bonds is 5. The van der Waals surface area contributed by atoms with Gasteiger partial charge in [0.05, 0.1) is 5.69 Å². The fraction of sp³-hybridized carbons (Fsp3) is 0.278. The van der Waals surface area contributed by atoms with Crippen LogP contribution in [-0.4, -0.2) is 28.1 Å². The van der Waals surface area contributed by atoms with Gasteiger partial charge in [-0.05, 0) is 24.5 Å². The van der Waals surface area contributed by atoms with Crippen molar-refractivity contribution in [1.29, 1.82) is 0 Å². The van der Waals surface area contributed by atoms with Gasteiger partial charge >= 0.3 is 0 Å². The van der Waals surface area contributed by atoms with Crippen LogP contribution in [0.4, 0.5) is 5.69 Å². The summed E-state index contributed by atoms with van der Waals surface area (Å²) >= 11 is 0. The molecular weight excluding hydrogens is 304 g/mol.